The van der Waals surface area contributed by atoms with Crippen LogP contribution in [0.3, 0.4) is 0 Å². The molecular formula is C6H11NNa2O12S3. The van der Waals surface area contributed by atoms with Crippen molar-refractivity contribution in [2.24, 2.45) is 0 Å². The molecule has 1 saturated heterocycles. The summed E-state index contributed by atoms with van der Waals surface area (Å²) in [4.78, 5) is 0. The van der Waals surface area contributed by atoms with Crippen molar-refractivity contribution in [3.63, 3.8) is 0 Å². The van der Waals surface area contributed by atoms with Crippen LogP contribution in [0, 0.1) is 0 Å². The van der Waals surface area contributed by atoms with E-state index in [9.17, 15) is 34.4 Å². The standard InChI is InChI=1S/C6H13NO12S3.2Na/c8-20(9,10)7-5-3-17-4(2-18-21(11,12)13)1-6(5)19-22(14,15)16;;/h4-7H,1-3H2,(H,8,9,10)(H,11,12,13)(H,14,15,16);;/q;2*+1/p-2. The zero-order chi connectivity index (χ0) is 17.2. The predicted octanol–water partition coefficient (Wildman–Crippen LogP) is -9.13. The normalized spacial score (nSPS) is 25.4. The second-order valence-electron chi connectivity index (χ2n) is 4.13. The fourth-order valence-corrected chi connectivity index (χ4v) is 3.11. The summed E-state index contributed by atoms with van der Waals surface area (Å²) in [6.07, 6.45) is -3.25. The molecule has 1 fully saturated rings. The maximum atomic E-state index is 10.7. The maximum Gasteiger partial charge on any atom is 1.00 e. The summed E-state index contributed by atoms with van der Waals surface area (Å²) in [5.74, 6) is 0. The Bertz CT molecular complexity index is 690. The molecule has 0 aliphatic carbocycles. The third-order valence-corrected chi connectivity index (χ3v) is 3.90. The first-order chi connectivity index (χ1) is 9.75. The minimum absolute atomic E-state index is 0. The molecule has 24 heavy (non-hydrogen) atoms. The number of hydrogen-bond acceptors (Lipinski definition) is 11. The van der Waals surface area contributed by atoms with E-state index >= 15 is 0 Å². The first-order valence-corrected chi connectivity index (χ1v) is 9.46. The quantitative estimate of drug-likeness (QED) is 0.219. The Kier molecular flexibility index (Phi) is 12.5. The Hall–Kier alpha value is 1.57. The molecule has 0 spiro atoms. The molecule has 2 N–H and O–H groups in total. The van der Waals surface area contributed by atoms with E-state index in [1.165, 1.54) is 0 Å². The van der Waals surface area contributed by atoms with Gasteiger partial charge in [0.2, 0.25) is 20.8 Å². The molecule has 0 aromatic carbocycles. The molecule has 1 heterocycles. The van der Waals surface area contributed by atoms with Gasteiger partial charge in [-0.05, 0) is 0 Å². The number of hydrogen-bond donors (Lipinski definition) is 2. The first-order valence-electron chi connectivity index (χ1n) is 5.36. The van der Waals surface area contributed by atoms with Crippen LogP contribution in [0.25, 0.3) is 0 Å². The van der Waals surface area contributed by atoms with Crippen molar-refractivity contribution in [1.29, 1.82) is 0 Å². The van der Waals surface area contributed by atoms with Crippen LogP contribution in [0.5, 0.6) is 0 Å². The maximum absolute atomic E-state index is 10.7. The van der Waals surface area contributed by atoms with Gasteiger partial charge in [0.05, 0.1) is 31.5 Å². The summed E-state index contributed by atoms with van der Waals surface area (Å²) in [7, 11) is -15.0. The van der Waals surface area contributed by atoms with E-state index in [0.29, 0.717) is 0 Å². The number of nitrogens with one attached hydrogen (secondary N) is 1. The molecule has 0 bridgehead atoms. The molecule has 0 aromatic heterocycles. The van der Waals surface area contributed by atoms with E-state index in [1.54, 1.807) is 4.72 Å². The van der Waals surface area contributed by atoms with Crippen LogP contribution in [-0.2, 0) is 44.2 Å². The fraction of sp³-hybridized carbons (Fsp3) is 1.00. The Morgan fingerprint density at radius 1 is 1.08 bits per heavy atom. The van der Waals surface area contributed by atoms with Gasteiger partial charge in [0.15, 0.2) is 0 Å². The zero-order valence-corrected chi connectivity index (χ0v) is 19.0. The number of ether oxygens (including phenoxy) is 1. The predicted molar refractivity (Wildman–Crippen MR) is 63.0 cm³/mol. The molecule has 3 atom stereocenters. The van der Waals surface area contributed by atoms with Gasteiger partial charge < -0.3 is 13.8 Å². The third kappa shape index (κ3) is 12.8. The average Bonchev–Trinajstić information content (AvgIpc) is 2.24. The Balaban J connectivity index is 0. The molecule has 0 aromatic rings. The van der Waals surface area contributed by atoms with Gasteiger partial charge in [0.25, 0.3) is 0 Å². The van der Waals surface area contributed by atoms with Crippen molar-refractivity contribution in [2.45, 2.75) is 24.7 Å². The van der Waals surface area contributed by atoms with E-state index in [0.717, 1.165) is 0 Å². The smallest absolute Gasteiger partial charge is 0.726 e. The second kappa shape index (κ2) is 10.8. The van der Waals surface area contributed by atoms with E-state index in [4.69, 9.17) is 9.29 Å². The number of rotatable bonds is 7. The van der Waals surface area contributed by atoms with Gasteiger partial charge in [-0.25, -0.2) is 16.8 Å². The van der Waals surface area contributed by atoms with Crippen LogP contribution < -0.4 is 63.8 Å². The van der Waals surface area contributed by atoms with Gasteiger partial charge in [0, 0.05) is 6.42 Å². The molecule has 0 radical (unpaired) electrons. The van der Waals surface area contributed by atoms with Crippen LogP contribution in [0.4, 0.5) is 0 Å². The van der Waals surface area contributed by atoms with Gasteiger partial charge in [-0.1, -0.05) is 0 Å². The molecular weight excluding hydrogens is 420 g/mol. The minimum atomic E-state index is -5.22. The molecule has 0 amide bonds. The van der Waals surface area contributed by atoms with Crippen molar-refractivity contribution in [3.8, 4) is 0 Å². The van der Waals surface area contributed by atoms with Crippen LogP contribution >= 0.6 is 0 Å². The monoisotopic (exact) mass is 431 g/mol. The summed E-state index contributed by atoms with van der Waals surface area (Å²) in [6.45, 7) is -1.36. The first kappa shape index (κ1) is 27.8. The summed E-state index contributed by atoms with van der Waals surface area (Å²) in [6, 6.07) is -1.43. The van der Waals surface area contributed by atoms with Crippen molar-refractivity contribution in [2.75, 3.05) is 13.2 Å². The molecule has 1 aliphatic rings. The average molecular weight is 431 g/mol. The Labute approximate surface area is 183 Å². The molecule has 0 saturated carbocycles. The molecule has 18 heteroatoms. The van der Waals surface area contributed by atoms with Gasteiger partial charge in [-0.3, -0.25) is 12.9 Å². The fourth-order valence-electron chi connectivity index (χ4n) is 1.67. The van der Waals surface area contributed by atoms with E-state index in [-0.39, 0.29) is 59.1 Å². The summed E-state index contributed by atoms with van der Waals surface area (Å²) in [5.41, 5.74) is 0. The van der Waals surface area contributed by atoms with Crippen LogP contribution in [0.15, 0.2) is 0 Å². The van der Waals surface area contributed by atoms with Gasteiger partial charge >= 0.3 is 69.4 Å². The van der Waals surface area contributed by atoms with E-state index in [2.05, 4.69) is 8.37 Å². The van der Waals surface area contributed by atoms with E-state index in [1.807, 2.05) is 0 Å². The summed E-state index contributed by atoms with van der Waals surface area (Å²) >= 11 is 0. The van der Waals surface area contributed by atoms with Crippen LogP contribution in [0.1, 0.15) is 6.42 Å². The SMILES string of the molecule is O=S(=O)(O)NC1COC(COS(=O)(=O)[O-])CC1OS(=O)(=O)[O-].[Na+].[Na+]. The minimum Gasteiger partial charge on any atom is -0.726 e. The van der Waals surface area contributed by atoms with Crippen molar-refractivity contribution in [3.05, 3.63) is 0 Å². The molecule has 1 rings (SSSR count). The zero-order valence-electron chi connectivity index (χ0n) is 12.5. The van der Waals surface area contributed by atoms with Gasteiger partial charge in [-0.15, -0.1) is 0 Å². The van der Waals surface area contributed by atoms with E-state index < -0.39 is 69.0 Å². The molecule has 1 aliphatic heterocycles. The largest absolute Gasteiger partial charge is 1.00 e. The molecule has 13 nitrogen and oxygen atoms in total. The Morgan fingerprint density at radius 3 is 2.04 bits per heavy atom. The topological polar surface area (TPSA) is 208 Å². The second-order valence-corrected chi connectivity index (χ2v) is 7.37. The summed E-state index contributed by atoms with van der Waals surface area (Å²) < 4.78 is 107. The van der Waals surface area contributed by atoms with Crippen LogP contribution in [-0.4, -0.2) is 70.4 Å². The summed E-state index contributed by atoms with van der Waals surface area (Å²) in [5, 5.41) is 0. The van der Waals surface area contributed by atoms with Crippen molar-refractivity contribution >= 4 is 31.1 Å². The van der Waals surface area contributed by atoms with Gasteiger partial charge in [-0.2, -0.15) is 13.1 Å². The van der Waals surface area contributed by atoms with Crippen LogP contribution in [0.2, 0.25) is 0 Å². The van der Waals surface area contributed by atoms with Crippen molar-refractivity contribution in [1.82, 2.24) is 4.72 Å². The molecule has 3 unspecified atom stereocenters. The van der Waals surface area contributed by atoms with Crippen molar-refractivity contribution < 1.29 is 111 Å². The third-order valence-electron chi connectivity index (χ3n) is 2.40. The molecule has 132 valence electrons. The Morgan fingerprint density at radius 2 is 1.62 bits per heavy atom. The van der Waals surface area contributed by atoms with Gasteiger partial charge in [0.1, 0.15) is 0 Å².